The lowest BCUT2D eigenvalue weighted by Crippen LogP contribution is -2.34. The maximum absolute atomic E-state index is 12.3. The molecular formula is C16H12Cl2N4O3S. The van der Waals surface area contributed by atoms with Gasteiger partial charge in [0.2, 0.25) is 0 Å². The van der Waals surface area contributed by atoms with Crippen LogP contribution in [0.25, 0.3) is 11.0 Å². The van der Waals surface area contributed by atoms with Gasteiger partial charge in [-0.3, -0.25) is 10.1 Å². The topological polar surface area (TPSA) is 99.0 Å². The van der Waals surface area contributed by atoms with Gasteiger partial charge >= 0.3 is 5.69 Å². The Hall–Kier alpha value is -2.55. The SMILES string of the molecule is COc1c(Cl)cc(C(=O)NC(=S)Nc2ccc3[nH]c(=O)[nH]c3c2)cc1Cl. The Morgan fingerprint density at radius 3 is 2.42 bits per heavy atom. The maximum Gasteiger partial charge on any atom is 0.323 e. The minimum absolute atomic E-state index is 0.0790. The predicted molar refractivity (Wildman–Crippen MR) is 106 cm³/mol. The lowest BCUT2D eigenvalue weighted by molar-refractivity contribution is 0.0977. The number of aromatic amines is 2. The van der Waals surface area contributed by atoms with Gasteiger partial charge in [-0.2, -0.15) is 0 Å². The van der Waals surface area contributed by atoms with Gasteiger partial charge in [0.15, 0.2) is 10.9 Å². The number of hydrogen-bond acceptors (Lipinski definition) is 4. The normalized spacial score (nSPS) is 10.6. The number of carbonyl (C=O) groups is 1. The number of ether oxygens (including phenoxy) is 1. The van der Waals surface area contributed by atoms with E-state index in [2.05, 4.69) is 20.6 Å². The number of amides is 1. The zero-order valence-corrected chi connectivity index (χ0v) is 15.6. The van der Waals surface area contributed by atoms with E-state index >= 15 is 0 Å². The van der Waals surface area contributed by atoms with Gasteiger partial charge in [0.1, 0.15) is 0 Å². The van der Waals surface area contributed by atoms with Crippen LogP contribution in [0.5, 0.6) is 5.75 Å². The molecule has 2 aromatic carbocycles. The summed E-state index contributed by atoms with van der Waals surface area (Å²) in [5.41, 5.74) is 1.81. The number of nitrogens with one attached hydrogen (secondary N) is 4. The highest BCUT2D eigenvalue weighted by molar-refractivity contribution is 7.80. The molecule has 0 aliphatic carbocycles. The van der Waals surface area contributed by atoms with E-state index in [0.717, 1.165) is 0 Å². The van der Waals surface area contributed by atoms with Crippen LogP contribution in [0.1, 0.15) is 10.4 Å². The van der Waals surface area contributed by atoms with Crippen LogP contribution >= 0.6 is 35.4 Å². The maximum atomic E-state index is 12.3. The van der Waals surface area contributed by atoms with Crippen molar-refractivity contribution in [3.8, 4) is 5.75 Å². The lowest BCUT2D eigenvalue weighted by atomic mass is 10.2. The molecular weight excluding hydrogens is 399 g/mol. The van der Waals surface area contributed by atoms with Crippen LogP contribution in [0.15, 0.2) is 35.1 Å². The van der Waals surface area contributed by atoms with Crippen LogP contribution in [0.3, 0.4) is 0 Å². The summed E-state index contributed by atoms with van der Waals surface area (Å²) in [6.07, 6.45) is 0. The van der Waals surface area contributed by atoms with E-state index in [4.69, 9.17) is 40.2 Å². The number of rotatable bonds is 3. The van der Waals surface area contributed by atoms with Gasteiger partial charge in [-0.05, 0) is 42.5 Å². The highest BCUT2D eigenvalue weighted by Crippen LogP contribution is 2.33. The van der Waals surface area contributed by atoms with Crippen molar-refractivity contribution in [2.24, 2.45) is 0 Å². The van der Waals surface area contributed by atoms with Gasteiger partial charge in [0, 0.05) is 11.3 Å². The molecule has 0 atom stereocenters. The Balaban J connectivity index is 1.72. The number of H-pyrrole nitrogens is 2. The molecule has 0 bridgehead atoms. The Bertz CT molecular complexity index is 1050. The van der Waals surface area contributed by atoms with Gasteiger partial charge in [0.05, 0.1) is 28.2 Å². The molecule has 10 heteroatoms. The fourth-order valence-electron chi connectivity index (χ4n) is 2.33. The van der Waals surface area contributed by atoms with Crippen LogP contribution in [0, 0.1) is 0 Å². The molecule has 0 radical (unpaired) electrons. The number of benzene rings is 2. The third-order valence-electron chi connectivity index (χ3n) is 3.47. The van der Waals surface area contributed by atoms with Gasteiger partial charge in [0.25, 0.3) is 5.91 Å². The molecule has 4 N–H and O–H groups in total. The average molecular weight is 411 g/mol. The number of anilines is 1. The second kappa shape index (κ2) is 7.36. The predicted octanol–water partition coefficient (Wildman–Crippen LogP) is 3.30. The number of imidazole rings is 1. The number of carbonyl (C=O) groups excluding carboxylic acids is 1. The summed E-state index contributed by atoms with van der Waals surface area (Å²) >= 11 is 17.2. The Labute approximate surface area is 162 Å². The summed E-state index contributed by atoms with van der Waals surface area (Å²) in [4.78, 5) is 28.9. The van der Waals surface area contributed by atoms with Crippen molar-refractivity contribution in [2.75, 3.05) is 12.4 Å². The zero-order chi connectivity index (χ0) is 18.8. The molecule has 1 aromatic heterocycles. The highest BCUT2D eigenvalue weighted by atomic mass is 35.5. The molecule has 0 saturated heterocycles. The van der Waals surface area contributed by atoms with Crippen molar-refractivity contribution < 1.29 is 9.53 Å². The molecule has 0 unspecified atom stereocenters. The summed E-state index contributed by atoms with van der Waals surface area (Å²) in [6.45, 7) is 0. The summed E-state index contributed by atoms with van der Waals surface area (Å²) < 4.78 is 5.05. The number of fused-ring (bicyclic) bond motifs is 1. The van der Waals surface area contributed by atoms with E-state index in [1.807, 2.05) is 0 Å². The molecule has 0 spiro atoms. The van der Waals surface area contributed by atoms with Crippen molar-refractivity contribution in [3.63, 3.8) is 0 Å². The summed E-state index contributed by atoms with van der Waals surface area (Å²) in [7, 11) is 1.43. The largest absolute Gasteiger partial charge is 0.494 e. The first kappa shape index (κ1) is 18.2. The van der Waals surface area contributed by atoms with Crippen molar-refractivity contribution in [1.82, 2.24) is 15.3 Å². The monoisotopic (exact) mass is 410 g/mol. The molecule has 26 heavy (non-hydrogen) atoms. The second-order valence-electron chi connectivity index (χ2n) is 5.22. The van der Waals surface area contributed by atoms with Crippen molar-refractivity contribution in [3.05, 3.63) is 56.4 Å². The Kier molecular flexibility index (Phi) is 5.17. The quantitative estimate of drug-likeness (QED) is 0.496. The van der Waals surface area contributed by atoms with E-state index in [-0.39, 0.29) is 26.4 Å². The summed E-state index contributed by atoms with van der Waals surface area (Å²) in [6, 6.07) is 7.98. The van der Waals surface area contributed by atoms with Gasteiger partial charge in [-0.25, -0.2) is 4.79 Å². The summed E-state index contributed by atoms with van der Waals surface area (Å²) in [5, 5.41) is 5.91. The molecule has 1 heterocycles. The fourth-order valence-corrected chi connectivity index (χ4v) is 3.19. The lowest BCUT2D eigenvalue weighted by Gasteiger charge is -2.11. The van der Waals surface area contributed by atoms with Crippen LogP contribution < -0.4 is 21.1 Å². The van der Waals surface area contributed by atoms with Gasteiger partial charge in [-0.15, -0.1) is 0 Å². The molecule has 3 aromatic rings. The highest BCUT2D eigenvalue weighted by Gasteiger charge is 2.14. The zero-order valence-electron chi connectivity index (χ0n) is 13.3. The van der Waals surface area contributed by atoms with E-state index in [9.17, 15) is 9.59 Å². The first-order chi connectivity index (χ1) is 12.4. The number of methoxy groups -OCH3 is 1. The van der Waals surface area contributed by atoms with E-state index in [1.54, 1.807) is 18.2 Å². The molecule has 134 valence electrons. The Morgan fingerprint density at radius 1 is 1.12 bits per heavy atom. The Morgan fingerprint density at radius 2 is 1.77 bits per heavy atom. The minimum Gasteiger partial charge on any atom is -0.494 e. The number of aromatic nitrogens is 2. The molecule has 1 amide bonds. The van der Waals surface area contributed by atoms with Gasteiger partial charge < -0.3 is 20.0 Å². The van der Waals surface area contributed by atoms with Crippen molar-refractivity contribution in [1.29, 1.82) is 0 Å². The molecule has 3 rings (SSSR count). The average Bonchev–Trinajstić information content (AvgIpc) is 2.93. The second-order valence-corrected chi connectivity index (χ2v) is 6.44. The van der Waals surface area contributed by atoms with Crippen LogP contribution in [-0.2, 0) is 0 Å². The first-order valence-corrected chi connectivity index (χ1v) is 8.41. The fraction of sp³-hybridized carbons (Fsp3) is 0.0625. The standard InChI is InChI=1S/C16H12Cl2N4O3S/c1-25-13-9(17)4-7(5-10(13)18)14(23)22-16(26)19-8-2-3-11-12(6-8)21-15(24)20-11/h2-6H,1H3,(H2,20,21,24)(H2,19,22,23,26). The van der Waals surface area contributed by atoms with E-state index in [1.165, 1.54) is 19.2 Å². The third-order valence-corrected chi connectivity index (χ3v) is 4.23. The number of hydrogen-bond donors (Lipinski definition) is 4. The number of halogens is 2. The summed E-state index contributed by atoms with van der Waals surface area (Å²) in [5.74, 6) is -0.190. The molecule has 0 saturated carbocycles. The molecule has 0 aliphatic rings. The van der Waals surface area contributed by atoms with Crippen LogP contribution in [-0.4, -0.2) is 28.1 Å². The number of thiocarbonyl (C=S) groups is 1. The minimum atomic E-state index is -0.481. The van der Waals surface area contributed by atoms with Crippen LogP contribution in [0.2, 0.25) is 10.0 Å². The smallest absolute Gasteiger partial charge is 0.323 e. The molecule has 7 nitrogen and oxygen atoms in total. The molecule has 0 aliphatic heterocycles. The van der Waals surface area contributed by atoms with Crippen molar-refractivity contribution in [2.45, 2.75) is 0 Å². The van der Waals surface area contributed by atoms with Gasteiger partial charge in [-0.1, -0.05) is 23.2 Å². The first-order valence-electron chi connectivity index (χ1n) is 7.25. The third kappa shape index (κ3) is 3.82. The molecule has 0 fully saturated rings. The van der Waals surface area contributed by atoms with Crippen LogP contribution in [0.4, 0.5) is 5.69 Å². The van der Waals surface area contributed by atoms with E-state index < -0.39 is 5.91 Å². The van der Waals surface area contributed by atoms with E-state index in [0.29, 0.717) is 22.5 Å². The van der Waals surface area contributed by atoms with Crippen molar-refractivity contribution >= 4 is 63.2 Å².